The van der Waals surface area contributed by atoms with E-state index in [0.29, 0.717) is 6.26 Å². The highest BCUT2D eigenvalue weighted by Gasteiger charge is 2.17. The maximum atomic E-state index is 9.19. The molecule has 0 atom stereocenters. The summed E-state index contributed by atoms with van der Waals surface area (Å²) < 4.78 is 44.3. The average Bonchev–Trinajstić information content (AvgIpc) is 2.70. The number of methoxy groups -OCH3 is 3. The van der Waals surface area contributed by atoms with Gasteiger partial charge < -0.3 is 14.2 Å². The van der Waals surface area contributed by atoms with Crippen LogP contribution in [-0.2, 0) is 17.2 Å². The van der Waals surface area contributed by atoms with Gasteiger partial charge in [-0.15, -0.1) is 0 Å². The fourth-order valence-corrected chi connectivity index (χ4v) is 3.53. The highest BCUT2D eigenvalue weighted by atomic mass is 32.2. The minimum absolute atomic E-state index is 0.715. The third-order valence-corrected chi connectivity index (χ3v) is 4.73. The van der Waals surface area contributed by atoms with Gasteiger partial charge in [-0.2, -0.15) is 13.0 Å². The summed E-state index contributed by atoms with van der Waals surface area (Å²) in [5.74, 6) is 2.33. The molecule has 1 aromatic heterocycles. The highest BCUT2D eigenvalue weighted by Crippen LogP contribution is 2.36. The maximum absolute atomic E-state index is 9.19. The third kappa shape index (κ3) is 4.39. The van der Waals surface area contributed by atoms with Crippen LogP contribution in [0.3, 0.4) is 0 Å². The average molecular weight is 431 g/mol. The summed E-state index contributed by atoms with van der Waals surface area (Å²) in [6.45, 7) is 0. The number of pyridine rings is 1. The van der Waals surface area contributed by atoms with Gasteiger partial charge >= 0.3 is 0 Å². The van der Waals surface area contributed by atoms with Crippen LogP contribution in [0.25, 0.3) is 32.4 Å². The van der Waals surface area contributed by atoms with Crippen LogP contribution in [0.2, 0.25) is 0 Å². The second-order valence-electron chi connectivity index (χ2n) is 6.82. The van der Waals surface area contributed by atoms with Gasteiger partial charge in [0.25, 0.3) is 10.1 Å². The van der Waals surface area contributed by atoms with E-state index in [1.807, 2.05) is 18.2 Å². The van der Waals surface area contributed by atoms with Crippen LogP contribution in [0.4, 0.5) is 0 Å². The Morgan fingerprint density at radius 2 is 1.40 bits per heavy atom. The molecule has 7 nitrogen and oxygen atoms in total. The Kier molecular flexibility index (Phi) is 6.00. The lowest BCUT2D eigenvalue weighted by atomic mass is 10.0. The van der Waals surface area contributed by atoms with Crippen molar-refractivity contribution in [2.45, 2.75) is 0 Å². The van der Waals surface area contributed by atoms with E-state index in [4.69, 9.17) is 18.8 Å². The van der Waals surface area contributed by atoms with Crippen molar-refractivity contribution in [2.75, 3.05) is 27.6 Å². The van der Waals surface area contributed by atoms with Crippen molar-refractivity contribution >= 4 is 42.6 Å². The first-order valence-corrected chi connectivity index (χ1v) is 10.9. The van der Waals surface area contributed by atoms with Crippen molar-refractivity contribution < 1.29 is 31.7 Å². The van der Waals surface area contributed by atoms with E-state index in [9.17, 15) is 8.42 Å². The van der Waals surface area contributed by atoms with Crippen molar-refractivity contribution in [1.82, 2.24) is 0 Å². The minimum Gasteiger partial charge on any atom is -0.497 e. The van der Waals surface area contributed by atoms with Crippen molar-refractivity contribution in [3.63, 3.8) is 0 Å². The van der Waals surface area contributed by atoms with Crippen LogP contribution in [-0.4, -0.2) is 40.6 Å². The van der Waals surface area contributed by atoms with Crippen LogP contribution < -0.4 is 18.8 Å². The molecule has 158 valence electrons. The number of hydrogen-bond donors (Lipinski definition) is 1. The Bertz CT molecular complexity index is 1340. The van der Waals surface area contributed by atoms with E-state index < -0.39 is 10.1 Å². The lowest BCUT2D eigenvalue weighted by Crippen LogP contribution is -2.28. The van der Waals surface area contributed by atoms with Gasteiger partial charge in [-0.25, -0.2) is 0 Å². The molecule has 0 aliphatic heterocycles. The van der Waals surface area contributed by atoms with Crippen LogP contribution in [0.5, 0.6) is 17.2 Å². The fourth-order valence-electron chi connectivity index (χ4n) is 3.53. The SMILES string of the molecule is COc1ccc2c(c1)c[n+](C)c1c3cc(OC)c(OC)cc3ccc21.CS(=O)(=O)O. The molecular formula is C22H24NO6S+. The Morgan fingerprint density at radius 3 is 2.00 bits per heavy atom. The summed E-state index contributed by atoms with van der Waals surface area (Å²) in [4.78, 5) is 0. The van der Waals surface area contributed by atoms with Gasteiger partial charge in [0.05, 0.1) is 43.7 Å². The first kappa shape index (κ1) is 21.6. The molecule has 8 heteroatoms. The monoisotopic (exact) mass is 430 g/mol. The Hall–Kier alpha value is -3.10. The van der Waals surface area contributed by atoms with E-state index in [2.05, 4.69) is 42.1 Å². The van der Waals surface area contributed by atoms with Crippen LogP contribution in [0.15, 0.2) is 48.7 Å². The number of aryl methyl sites for hydroxylation is 1. The zero-order valence-electron chi connectivity index (χ0n) is 17.5. The Balaban J connectivity index is 0.000000461. The molecule has 4 aromatic rings. The molecule has 0 aliphatic carbocycles. The maximum Gasteiger partial charge on any atom is 0.261 e. The highest BCUT2D eigenvalue weighted by molar-refractivity contribution is 7.85. The summed E-state index contributed by atoms with van der Waals surface area (Å²) in [5.41, 5.74) is 1.16. The number of benzene rings is 3. The van der Waals surface area contributed by atoms with E-state index in [-0.39, 0.29) is 0 Å². The molecule has 0 fully saturated rings. The lowest BCUT2D eigenvalue weighted by molar-refractivity contribution is -0.642. The van der Waals surface area contributed by atoms with Gasteiger partial charge in [-0.1, -0.05) is 6.07 Å². The summed E-state index contributed by atoms with van der Waals surface area (Å²) in [6, 6.07) is 14.5. The molecule has 0 saturated carbocycles. The molecule has 4 rings (SSSR count). The zero-order valence-corrected chi connectivity index (χ0v) is 18.3. The van der Waals surface area contributed by atoms with Crippen molar-refractivity contribution in [2.24, 2.45) is 7.05 Å². The van der Waals surface area contributed by atoms with Gasteiger partial charge in [0.15, 0.2) is 17.7 Å². The van der Waals surface area contributed by atoms with Gasteiger partial charge in [0, 0.05) is 5.39 Å². The number of ether oxygens (including phenoxy) is 3. The van der Waals surface area contributed by atoms with Crippen molar-refractivity contribution in [1.29, 1.82) is 0 Å². The number of aromatic nitrogens is 1. The van der Waals surface area contributed by atoms with Crippen LogP contribution in [0, 0.1) is 0 Å². The van der Waals surface area contributed by atoms with Crippen LogP contribution in [0.1, 0.15) is 0 Å². The summed E-state index contributed by atoms with van der Waals surface area (Å²) in [7, 11) is 3.41. The molecule has 0 unspecified atom stereocenters. The number of fused-ring (bicyclic) bond motifs is 5. The summed E-state index contributed by atoms with van der Waals surface area (Å²) in [6.07, 6.45) is 2.85. The van der Waals surface area contributed by atoms with Gasteiger partial charge in [-0.3, -0.25) is 4.55 Å². The Labute approximate surface area is 175 Å². The van der Waals surface area contributed by atoms with Gasteiger partial charge in [0.1, 0.15) is 12.8 Å². The first-order chi connectivity index (χ1) is 14.2. The molecular weight excluding hydrogens is 406 g/mol. The predicted molar refractivity (Wildman–Crippen MR) is 117 cm³/mol. The molecule has 0 amide bonds. The van der Waals surface area contributed by atoms with Gasteiger partial charge in [-0.05, 0) is 41.8 Å². The zero-order chi connectivity index (χ0) is 22.1. The molecule has 0 aliphatic rings. The topological polar surface area (TPSA) is 85.9 Å². The molecule has 0 spiro atoms. The van der Waals surface area contributed by atoms with Crippen molar-refractivity contribution in [3.8, 4) is 17.2 Å². The normalized spacial score (nSPS) is 11.3. The second kappa shape index (κ2) is 8.33. The molecule has 1 heterocycles. The molecule has 0 bridgehead atoms. The van der Waals surface area contributed by atoms with Crippen LogP contribution >= 0.6 is 0 Å². The molecule has 0 radical (unpaired) electrons. The number of hydrogen-bond acceptors (Lipinski definition) is 5. The standard InChI is InChI=1S/C21H20NO3.CH4O3S/c1-22-12-14-9-15(23-2)6-8-16(14)17-7-5-13-10-19(24-3)20(25-4)11-18(13)21(17)22;1-5(2,3)4/h5-12H,1-4H3;1H3,(H,2,3,4)/q+1;. The predicted octanol–water partition coefficient (Wildman–Crippen LogP) is 3.50. The van der Waals surface area contributed by atoms with E-state index in [1.54, 1.807) is 21.3 Å². The number of nitrogens with zero attached hydrogens (tertiary/aromatic N) is 1. The second-order valence-corrected chi connectivity index (χ2v) is 8.28. The molecule has 0 saturated heterocycles. The quantitative estimate of drug-likeness (QED) is 0.304. The number of rotatable bonds is 3. The Morgan fingerprint density at radius 1 is 0.800 bits per heavy atom. The lowest BCUT2D eigenvalue weighted by Gasteiger charge is -2.11. The van der Waals surface area contributed by atoms with Crippen molar-refractivity contribution in [3.05, 3.63) is 48.7 Å². The van der Waals surface area contributed by atoms with E-state index in [1.165, 1.54) is 10.8 Å². The molecule has 1 N–H and O–H groups in total. The van der Waals surface area contributed by atoms with E-state index in [0.717, 1.165) is 38.9 Å². The smallest absolute Gasteiger partial charge is 0.261 e. The minimum atomic E-state index is -3.67. The largest absolute Gasteiger partial charge is 0.497 e. The molecule has 30 heavy (non-hydrogen) atoms. The van der Waals surface area contributed by atoms with Gasteiger partial charge in [0.2, 0.25) is 5.52 Å². The third-order valence-electron chi connectivity index (χ3n) is 4.73. The first-order valence-electron chi connectivity index (χ1n) is 9.03. The van der Waals surface area contributed by atoms with E-state index >= 15 is 0 Å². The molecule has 3 aromatic carbocycles. The fraction of sp³-hybridized carbons (Fsp3) is 0.227. The summed E-state index contributed by atoms with van der Waals surface area (Å²) in [5, 5.41) is 5.80. The summed E-state index contributed by atoms with van der Waals surface area (Å²) >= 11 is 0.